The molecule has 0 radical (unpaired) electrons. The topological polar surface area (TPSA) is 74.7 Å². The van der Waals surface area contributed by atoms with E-state index >= 15 is 0 Å². The third-order valence-electron chi connectivity index (χ3n) is 3.67. The molecule has 3 rings (SSSR count). The van der Waals surface area contributed by atoms with Crippen molar-refractivity contribution in [3.63, 3.8) is 0 Å². The number of thiazole rings is 1. The van der Waals surface area contributed by atoms with E-state index in [9.17, 15) is 14.0 Å². The van der Waals surface area contributed by atoms with Crippen LogP contribution in [0.4, 0.5) is 4.39 Å². The predicted octanol–water partition coefficient (Wildman–Crippen LogP) is 4.00. The number of nitrogens with zero attached hydrogens (tertiary/aromatic N) is 1. The molecule has 0 amide bonds. The number of rotatable bonds is 7. The van der Waals surface area contributed by atoms with Crippen LogP contribution in [-0.2, 0) is 22.7 Å². The summed E-state index contributed by atoms with van der Waals surface area (Å²) >= 11 is 1.37. The summed E-state index contributed by atoms with van der Waals surface area (Å²) in [6.07, 6.45) is 0. The minimum absolute atomic E-state index is 0.0185. The zero-order valence-electron chi connectivity index (χ0n) is 14.9. The maximum atomic E-state index is 12.9. The zero-order valence-corrected chi connectivity index (χ0v) is 15.7. The van der Waals surface area contributed by atoms with Gasteiger partial charge in [-0.3, -0.25) is 0 Å². The fourth-order valence-electron chi connectivity index (χ4n) is 2.24. The second kappa shape index (κ2) is 9.09. The molecule has 0 saturated carbocycles. The Labute approximate surface area is 164 Å². The SMILES string of the molecule is COC(=O)c1ccc(C(=O)OCc2csc(COc3ccc(F)cc3)n2)cc1. The molecule has 0 aliphatic rings. The number of aromatic nitrogens is 1. The Morgan fingerprint density at radius 3 is 2.25 bits per heavy atom. The second-order valence-corrected chi connectivity index (χ2v) is 6.56. The minimum Gasteiger partial charge on any atom is -0.486 e. The van der Waals surface area contributed by atoms with Gasteiger partial charge in [0, 0.05) is 5.38 Å². The molecule has 1 aromatic heterocycles. The Morgan fingerprint density at radius 1 is 0.964 bits per heavy atom. The molecular formula is C20H16FNO5S. The summed E-state index contributed by atoms with van der Waals surface area (Å²) in [5, 5.41) is 2.48. The van der Waals surface area contributed by atoms with Gasteiger partial charge in [-0.05, 0) is 48.5 Å². The van der Waals surface area contributed by atoms with E-state index in [0.717, 1.165) is 0 Å². The van der Waals surface area contributed by atoms with Gasteiger partial charge in [-0.1, -0.05) is 0 Å². The Kier molecular flexibility index (Phi) is 6.33. The van der Waals surface area contributed by atoms with Crippen molar-refractivity contribution in [1.29, 1.82) is 0 Å². The molecule has 0 spiro atoms. The largest absolute Gasteiger partial charge is 0.486 e. The Morgan fingerprint density at radius 2 is 1.61 bits per heavy atom. The van der Waals surface area contributed by atoms with Gasteiger partial charge < -0.3 is 14.2 Å². The minimum atomic E-state index is -0.520. The van der Waals surface area contributed by atoms with Gasteiger partial charge in [0.1, 0.15) is 29.8 Å². The molecule has 3 aromatic rings. The van der Waals surface area contributed by atoms with Crippen LogP contribution >= 0.6 is 11.3 Å². The highest BCUT2D eigenvalue weighted by atomic mass is 32.1. The highest BCUT2D eigenvalue weighted by Gasteiger charge is 2.11. The van der Waals surface area contributed by atoms with Crippen LogP contribution in [0.5, 0.6) is 5.75 Å². The Bertz CT molecular complexity index is 953. The van der Waals surface area contributed by atoms with Crippen LogP contribution < -0.4 is 4.74 Å². The van der Waals surface area contributed by atoms with Gasteiger partial charge in [-0.2, -0.15) is 0 Å². The number of hydrogen-bond donors (Lipinski definition) is 0. The molecule has 28 heavy (non-hydrogen) atoms. The van der Waals surface area contributed by atoms with Crippen molar-refractivity contribution in [1.82, 2.24) is 4.98 Å². The fourth-order valence-corrected chi connectivity index (χ4v) is 2.93. The highest BCUT2D eigenvalue weighted by molar-refractivity contribution is 7.09. The Balaban J connectivity index is 1.50. The van der Waals surface area contributed by atoms with Gasteiger partial charge in [-0.15, -0.1) is 11.3 Å². The van der Waals surface area contributed by atoms with E-state index in [1.807, 2.05) is 0 Å². The molecule has 0 aliphatic carbocycles. The first-order valence-electron chi connectivity index (χ1n) is 8.22. The number of carbonyl (C=O) groups excluding carboxylic acids is 2. The van der Waals surface area contributed by atoms with Gasteiger partial charge in [0.05, 0.1) is 23.9 Å². The first kappa shape index (κ1) is 19.5. The van der Waals surface area contributed by atoms with Crippen molar-refractivity contribution >= 4 is 23.3 Å². The molecule has 6 nitrogen and oxygen atoms in total. The van der Waals surface area contributed by atoms with Crippen molar-refractivity contribution < 1.29 is 28.2 Å². The zero-order chi connectivity index (χ0) is 19.9. The van der Waals surface area contributed by atoms with E-state index in [1.54, 1.807) is 5.38 Å². The number of hydrogen-bond acceptors (Lipinski definition) is 7. The molecule has 0 bridgehead atoms. The van der Waals surface area contributed by atoms with Crippen molar-refractivity contribution in [3.8, 4) is 5.75 Å². The van der Waals surface area contributed by atoms with Crippen LogP contribution in [0.1, 0.15) is 31.4 Å². The van der Waals surface area contributed by atoms with Crippen LogP contribution in [0.3, 0.4) is 0 Å². The summed E-state index contributed by atoms with van der Waals surface area (Å²) in [5.41, 5.74) is 1.27. The monoisotopic (exact) mass is 401 g/mol. The standard InChI is InChI=1S/C20H16FNO5S/c1-25-19(23)13-2-4-14(5-3-13)20(24)27-10-16-12-28-18(22-16)11-26-17-8-6-15(21)7-9-17/h2-9,12H,10-11H2,1H3. The van der Waals surface area contributed by atoms with Crippen LogP contribution in [0.15, 0.2) is 53.9 Å². The summed E-state index contributed by atoms with van der Waals surface area (Å²) in [4.78, 5) is 27.8. The number of halogens is 1. The molecule has 0 N–H and O–H groups in total. The third-order valence-corrected chi connectivity index (χ3v) is 4.54. The third kappa shape index (κ3) is 5.14. The first-order chi connectivity index (χ1) is 13.5. The van der Waals surface area contributed by atoms with Crippen LogP contribution in [-0.4, -0.2) is 24.0 Å². The molecule has 0 aliphatic heterocycles. The smallest absolute Gasteiger partial charge is 0.338 e. The van der Waals surface area contributed by atoms with E-state index in [4.69, 9.17) is 9.47 Å². The summed E-state index contributed by atoms with van der Waals surface area (Å²) < 4.78 is 28.2. The summed E-state index contributed by atoms with van der Waals surface area (Å²) in [6, 6.07) is 11.7. The van der Waals surface area contributed by atoms with E-state index in [2.05, 4.69) is 9.72 Å². The van der Waals surface area contributed by atoms with Crippen molar-refractivity contribution in [2.45, 2.75) is 13.2 Å². The Hall–Kier alpha value is -3.26. The average Bonchev–Trinajstić information content (AvgIpc) is 3.19. The molecule has 1 heterocycles. The summed E-state index contributed by atoms with van der Waals surface area (Å²) in [5.74, 6) is -0.781. The molecule has 0 fully saturated rings. The van der Waals surface area contributed by atoms with Crippen LogP contribution in [0, 0.1) is 5.82 Å². The fraction of sp³-hybridized carbons (Fsp3) is 0.150. The lowest BCUT2D eigenvalue weighted by atomic mass is 10.1. The maximum absolute atomic E-state index is 12.9. The predicted molar refractivity (Wildman–Crippen MR) is 99.7 cm³/mol. The normalized spacial score (nSPS) is 10.4. The van der Waals surface area contributed by atoms with E-state index in [1.165, 1.54) is 67.0 Å². The molecule has 0 atom stereocenters. The van der Waals surface area contributed by atoms with Gasteiger partial charge in [0.25, 0.3) is 0 Å². The van der Waals surface area contributed by atoms with E-state index < -0.39 is 11.9 Å². The number of carbonyl (C=O) groups is 2. The maximum Gasteiger partial charge on any atom is 0.338 e. The molecule has 8 heteroatoms. The lowest BCUT2D eigenvalue weighted by molar-refractivity contribution is 0.0466. The molecule has 2 aromatic carbocycles. The molecule has 0 saturated heterocycles. The van der Waals surface area contributed by atoms with E-state index in [0.29, 0.717) is 27.6 Å². The number of ether oxygens (including phenoxy) is 3. The summed E-state index contributed by atoms with van der Waals surface area (Å²) in [7, 11) is 1.29. The lowest BCUT2D eigenvalue weighted by Gasteiger charge is -2.04. The van der Waals surface area contributed by atoms with Crippen LogP contribution in [0.2, 0.25) is 0 Å². The van der Waals surface area contributed by atoms with Gasteiger partial charge >= 0.3 is 11.9 Å². The quantitative estimate of drug-likeness (QED) is 0.557. The number of esters is 2. The molecule has 144 valence electrons. The van der Waals surface area contributed by atoms with Crippen molar-refractivity contribution in [3.05, 3.63) is 81.6 Å². The van der Waals surface area contributed by atoms with Gasteiger partial charge in [0.2, 0.25) is 0 Å². The van der Waals surface area contributed by atoms with Crippen molar-refractivity contribution in [2.75, 3.05) is 7.11 Å². The van der Waals surface area contributed by atoms with Crippen LogP contribution in [0.25, 0.3) is 0 Å². The summed E-state index contributed by atoms with van der Waals surface area (Å²) in [6.45, 7) is 0.254. The number of benzene rings is 2. The molecular weight excluding hydrogens is 385 g/mol. The van der Waals surface area contributed by atoms with Gasteiger partial charge in [0.15, 0.2) is 0 Å². The van der Waals surface area contributed by atoms with Gasteiger partial charge in [-0.25, -0.2) is 19.0 Å². The average molecular weight is 401 g/mol. The second-order valence-electron chi connectivity index (χ2n) is 5.62. The highest BCUT2D eigenvalue weighted by Crippen LogP contribution is 2.17. The lowest BCUT2D eigenvalue weighted by Crippen LogP contribution is -2.07. The number of methoxy groups -OCH3 is 1. The van der Waals surface area contributed by atoms with Crippen molar-refractivity contribution in [2.24, 2.45) is 0 Å². The molecule has 0 unspecified atom stereocenters. The first-order valence-corrected chi connectivity index (χ1v) is 9.10. The van der Waals surface area contributed by atoms with E-state index in [-0.39, 0.29) is 19.0 Å².